The molecule has 0 saturated carbocycles. The quantitative estimate of drug-likeness (QED) is 0.435. The number of rotatable bonds is 3. The lowest BCUT2D eigenvalue weighted by Crippen LogP contribution is -2.72. The topological polar surface area (TPSA) is 53.6 Å². The molecular formula is C24H18Cl2FN3O2S. The number of thiocarbonyl (C=S) groups is 1. The van der Waals surface area contributed by atoms with Crippen molar-refractivity contribution in [3.63, 3.8) is 0 Å². The third-order valence-corrected chi connectivity index (χ3v) is 6.73. The van der Waals surface area contributed by atoms with E-state index in [4.69, 9.17) is 40.2 Å². The largest absolute Gasteiger partial charge is 0.467 e. The lowest BCUT2D eigenvalue weighted by molar-refractivity contribution is -0.130. The van der Waals surface area contributed by atoms with E-state index in [2.05, 4.69) is 10.6 Å². The Labute approximate surface area is 205 Å². The first-order valence-electron chi connectivity index (χ1n) is 10.2. The molecule has 0 aromatic heterocycles. The second-order valence-corrected chi connectivity index (χ2v) is 9.31. The summed E-state index contributed by atoms with van der Waals surface area (Å²) in [6, 6.07) is 17.5. The molecule has 3 aromatic carbocycles. The van der Waals surface area contributed by atoms with Crippen molar-refractivity contribution in [1.82, 2.24) is 5.32 Å². The van der Waals surface area contributed by atoms with E-state index in [1.54, 1.807) is 66.4 Å². The van der Waals surface area contributed by atoms with Crippen molar-refractivity contribution in [3.8, 4) is 5.75 Å². The number of anilines is 2. The summed E-state index contributed by atoms with van der Waals surface area (Å²) in [7, 11) is 0. The average Bonchev–Trinajstić information content (AvgIpc) is 2.77. The van der Waals surface area contributed by atoms with Gasteiger partial charge >= 0.3 is 0 Å². The molecule has 1 fully saturated rings. The summed E-state index contributed by atoms with van der Waals surface area (Å²) >= 11 is 17.9. The number of halogens is 3. The van der Waals surface area contributed by atoms with Gasteiger partial charge in [0.05, 0.1) is 6.04 Å². The first-order chi connectivity index (χ1) is 15.8. The van der Waals surface area contributed by atoms with Crippen LogP contribution in [0.1, 0.15) is 18.5 Å². The van der Waals surface area contributed by atoms with E-state index in [9.17, 15) is 9.18 Å². The normalized spacial score (nSPS) is 23.3. The maximum absolute atomic E-state index is 13.7. The number of carbonyl (C=O) groups is 1. The Morgan fingerprint density at radius 3 is 2.45 bits per heavy atom. The predicted octanol–water partition coefficient (Wildman–Crippen LogP) is 5.93. The van der Waals surface area contributed by atoms with E-state index in [0.29, 0.717) is 32.3 Å². The molecule has 0 spiro atoms. The minimum Gasteiger partial charge on any atom is -0.467 e. The molecule has 2 N–H and O–H groups in total. The zero-order chi connectivity index (χ0) is 23.3. The van der Waals surface area contributed by atoms with Crippen molar-refractivity contribution in [2.75, 3.05) is 10.2 Å². The van der Waals surface area contributed by atoms with Crippen LogP contribution in [-0.4, -0.2) is 16.7 Å². The molecule has 0 radical (unpaired) electrons. The fourth-order valence-electron chi connectivity index (χ4n) is 4.49. The molecule has 9 heteroatoms. The highest BCUT2D eigenvalue weighted by Crippen LogP contribution is 2.50. The van der Waals surface area contributed by atoms with Gasteiger partial charge in [-0.3, -0.25) is 9.69 Å². The zero-order valence-corrected chi connectivity index (χ0v) is 19.6. The number of ether oxygens (including phenoxy) is 1. The first-order valence-corrected chi connectivity index (χ1v) is 11.3. The van der Waals surface area contributed by atoms with Crippen molar-refractivity contribution in [2.45, 2.75) is 18.7 Å². The van der Waals surface area contributed by atoms with E-state index >= 15 is 0 Å². The van der Waals surface area contributed by atoms with Gasteiger partial charge in [-0.05, 0) is 85.9 Å². The fourth-order valence-corrected chi connectivity index (χ4v) is 5.21. The third-order valence-electron chi connectivity index (χ3n) is 5.94. The summed E-state index contributed by atoms with van der Waals surface area (Å²) < 4.78 is 20.1. The van der Waals surface area contributed by atoms with Gasteiger partial charge in [0.15, 0.2) is 10.8 Å². The van der Waals surface area contributed by atoms with Crippen LogP contribution in [0.2, 0.25) is 10.0 Å². The molecule has 3 aromatic rings. The zero-order valence-electron chi connectivity index (χ0n) is 17.3. The van der Waals surface area contributed by atoms with Gasteiger partial charge in [-0.2, -0.15) is 0 Å². The lowest BCUT2D eigenvalue weighted by Gasteiger charge is -2.56. The van der Waals surface area contributed by atoms with Crippen LogP contribution in [0.25, 0.3) is 0 Å². The number of benzene rings is 3. The van der Waals surface area contributed by atoms with Crippen molar-refractivity contribution in [1.29, 1.82) is 0 Å². The van der Waals surface area contributed by atoms with Gasteiger partial charge < -0.3 is 15.4 Å². The van der Waals surface area contributed by atoms with Gasteiger partial charge in [-0.25, -0.2) is 4.39 Å². The highest BCUT2D eigenvalue weighted by molar-refractivity contribution is 7.80. The molecule has 2 aliphatic rings. The van der Waals surface area contributed by atoms with Crippen LogP contribution in [0.5, 0.6) is 5.75 Å². The second-order valence-electron chi connectivity index (χ2n) is 8.05. The molecule has 2 aliphatic heterocycles. The van der Waals surface area contributed by atoms with Crippen LogP contribution < -0.4 is 20.3 Å². The van der Waals surface area contributed by atoms with Gasteiger partial charge in [0, 0.05) is 27.0 Å². The number of fused-ring (bicyclic) bond motifs is 4. The smallest absolute Gasteiger partial charge is 0.236 e. The Morgan fingerprint density at radius 1 is 1.09 bits per heavy atom. The predicted molar refractivity (Wildman–Crippen MR) is 131 cm³/mol. The summed E-state index contributed by atoms with van der Waals surface area (Å²) in [5.74, 6) is -0.808. The van der Waals surface area contributed by atoms with Gasteiger partial charge in [-0.15, -0.1) is 0 Å². The molecule has 168 valence electrons. The Kier molecular flexibility index (Phi) is 5.43. The van der Waals surface area contributed by atoms with E-state index in [0.717, 1.165) is 5.56 Å². The van der Waals surface area contributed by atoms with Gasteiger partial charge in [-0.1, -0.05) is 23.2 Å². The first kappa shape index (κ1) is 21.9. The number of amides is 1. The number of nitrogens with zero attached hydrogens (tertiary/aromatic N) is 1. The molecule has 3 unspecified atom stereocenters. The molecule has 5 nitrogen and oxygen atoms in total. The molecule has 3 atom stereocenters. The molecule has 2 bridgehead atoms. The number of hydrogen-bond donors (Lipinski definition) is 2. The Bertz CT molecular complexity index is 1260. The number of hydrogen-bond acceptors (Lipinski definition) is 3. The summed E-state index contributed by atoms with van der Waals surface area (Å²) in [6.07, 6.45) is 0. The van der Waals surface area contributed by atoms with Crippen LogP contribution in [0.15, 0.2) is 66.7 Å². The van der Waals surface area contributed by atoms with Crippen LogP contribution in [0.4, 0.5) is 15.8 Å². The van der Waals surface area contributed by atoms with Crippen molar-refractivity contribution < 1.29 is 13.9 Å². The fraction of sp³-hybridized carbons (Fsp3) is 0.167. The molecule has 2 heterocycles. The van der Waals surface area contributed by atoms with Crippen LogP contribution in [-0.2, 0) is 4.79 Å². The van der Waals surface area contributed by atoms with Gasteiger partial charge in [0.25, 0.3) is 0 Å². The Balaban J connectivity index is 1.62. The lowest BCUT2D eigenvalue weighted by atomic mass is 9.78. The summed E-state index contributed by atoms with van der Waals surface area (Å²) in [5.41, 5.74) is 0.718. The van der Waals surface area contributed by atoms with Crippen LogP contribution in [0, 0.1) is 11.7 Å². The van der Waals surface area contributed by atoms with Crippen molar-refractivity contribution in [2.24, 2.45) is 5.92 Å². The highest BCUT2D eigenvalue weighted by atomic mass is 35.5. The summed E-state index contributed by atoms with van der Waals surface area (Å²) in [5, 5.41) is 7.68. The second kappa shape index (κ2) is 8.17. The van der Waals surface area contributed by atoms with E-state index in [1.165, 1.54) is 12.1 Å². The molecule has 1 saturated heterocycles. The molecule has 0 aliphatic carbocycles. The van der Waals surface area contributed by atoms with Gasteiger partial charge in [0.1, 0.15) is 17.5 Å². The third kappa shape index (κ3) is 3.80. The average molecular weight is 502 g/mol. The highest BCUT2D eigenvalue weighted by Gasteiger charge is 2.59. The summed E-state index contributed by atoms with van der Waals surface area (Å²) in [4.78, 5) is 15.4. The number of nitrogens with one attached hydrogen (secondary N) is 2. The SMILES string of the molecule is CC12Oc3ccc(Cl)cc3C(NC(=S)N1c1ccc(F)cc1)C2C(=O)Nc1ccc(Cl)cc1. The van der Waals surface area contributed by atoms with Crippen molar-refractivity contribution in [3.05, 3.63) is 88.2 Å². The minimum absolute atomic E-state index is 0.280. The Hall–Kier alpha value is -2.87. The standard InChI is InChI=1S/C24H18Cl2FN3O2S/c1-24-20(22(31)28-16-7-2-13(25)3-8-16)21(18-12-14(26)4-11-19(18)32-24)29-23(33)30(24)17-9-5-15(27)6-10-17/h2-12,20-21H,1H3,(H,28,31)(H,29,33). The maximum atomic E-state index is 13.7. The van der Waals surface area contributed by atoms with Crippen molar-refractivity contribution >= 4 is 57.8 Å². The van der Waals surface area contributed by atoms with Crippen LogP contribution in [0.3, 0.4) is 0 Å². The molecule has 1 amide bonds. The molecular weight excluding hydrogens is 484 g/mol. The van der Waals surface area contributed by atoms with Gasteiger partial charge in [0.2, 0.25) is 5.91 Å². The summed E-state index contributed by atoms with van der Waals surface area (Å²) in [6.45, 7) is 1.81. The Morgan fingerprint density at radius 2 is 1.76 bits per heavy atom. The van der Waals surface area contributed by atoms with E-state index in [1.807, 2.05) is 0 Å². The maximum Gasteiger partial charge on any atom is 0.236 e. The minimum atomic E-state index is -1.21. The number of carbonyl (C=O) groups excluding carboxylic acids is 1. The monoisotopic (exact) mass is 501 g/mol. The molecule has 33 heavy (non-hydrogen) atoms. The molecule has 5 rings (SSSR count). The van der Waals surface area contributed by atoms with E-state index < -0.39 is 17.7 Å². The van der Waals surface area contributed by atoms with E-state index in [-0.39, 0.29) is 11.7 Å². The van der Waals surface area contributed by atoms with Crippen LogP contribution >= 0.6 is 35.4 Å².